The minimum absolute atomic E-state index is 0.0235. The van der Waals surface area contributed by atoms with Crippen LogP contribution in [0, 0.1) is 0 Å². The summed E-state index contributed by atoms with van der Waals surface area (Å²) in [6.45, 7) is 4.62. The third kappa shape index (κ3) is 5.50. The van der Waals surface area contributed by atoms with Crippen LogP contribution in [-0.2, 0) is 9.53 Å². The molecule has 0 aliphatic heterocycles. The molecule has 1 saturated carbocycles. The Morgan fingerprint density at radius 2 is 2.06 bits per heavy atom. The predicted octanol–water partition coefficient (Wildman–Crippen LogP) is 1.61. The highest BCUT2D eigenvalue weighted by Crippen LogP contribution is 2.22. The van der Waals surface area contributed by atoms with E-state index in [0.717, 1.165) is 45.1 Å². The first kappa shape index (κ1) is 14.5. The first-order valence-electron chi connectivity index (χ1n) is 6.74. The van der Waals surface area contributed by atoms with Gasteiger partial charge >= 0.3 is 0 Å². The number of hydrogen-bond donors (Lipinski definition) is 2. The zero-order chi connectivity index (χ0) is 12.7. The summed E-state index contributed by atoms with van der Waals surface area (Å²) in [6.07, 6.45) is 4.94. The predicted molar refractivity (Wildman–Crippen MR) is 66.7 cm³/mol. The van der Waals surface area contributed by atoms with E-state index < -0.39 is 0 Å². The molecule has 0 aromatic rings. The van der Waals surface area contributed by atoms with Crippen molar-refractivity contribution in [2.24, 2.45) is 0 Å². The summed E-state index contributed by atoms with van der Waals surface area (Å²) >= 11 is 0. The van der Waals surface area contributed by atoms with Crippen LogP contribution in [0.5, 0.6) is 0 Å². The molecule has 1 atom stereocenters. The third-order valence-electron chi connectivity index (χ3n) is 3.24. The molecule has 0 bridgehead atoms. The van der Waals surface area contributed by atoms with Gasteiger partial charge in [-0.1, -0.05) is 13.3 Å². The molecular formula is C13H25NO3. The Balaban J connectivity index is 2.19. The van der Waals surface area contributed by atoms with Crippen molar-refractivity contribution in [3.8, 4) is 0 Å². The summed E-state index contributed by atoms with van der Waals surface area (Å²) in [5.74, 6) is -0.0235. The molecule has 4 heteroatoms. The zero-order valence-corrected chi connectivity index (χ0v) is 10.9. The fraction of sp³-hybridized carbons (Fsp3) is 0.923. The van der Waals surface area contributed by atoms with E-state index in [1.54, 1.807) is 6.92 Å². The van der Waals surface area contributed by atoms with Gasteiger partial charge < -0.3 is 15.2 Å². The maximum atomic E-state index is 11.7. The number of nitrogens with one attached hydrogen (secondary N) is 1. The molecule has 0 saturated heterocycles. The molecule has 17 heavy (non-hydrogen) atoms. The highest BCUT2D eigenvalue weighted by Gasteiger charge is 2.23. The number of aliphatic hydroxyl groups is 1. The molecule has 0 heterocycles. The smallest absolute Gasteiger partial charge is 0.248 e. The van der Waals surface area contributed by atoms with Gasteiger partial charge in [-0.3, -0.25) is 4.79 Å². The summed E-state index contributed by atoms with van der Waals surface area (Å²) < 4.78 is 5.71. The Morgan fingerprint density at radius 3 is 2.65 bits per heavy atom. The van der Waals surface area contributed by atoms with Crippen molar-refractivity contribution in [3.63, 3.8) is 0 Å². The van der Waals surface area contributed by atoms with Gasteiger partial charge in [-0.25, -0.2) is 0 Å². The molecule has 1 amide bonds. The number of unbranched alkanes of at least 4 members (excludes halogenated alkanes) is 1. The summed E-state index contributed by atoms with van der Waals surface area (Å²) in [5, 5.41) is 12.2. The van der Waals surface area contributed by atoms with Gasteiger partial charge in [0.25, 0.3) is 0 Å². The number of rotatable bonds is 6. The Hall–Kier alpha value is -0.610. The van der Waals surface area contributed by atoms with Crippen LogP contribution < -0.4 is 5.32 Å². The number of carbonyl (C=O) groups excluding carboxylic acids is 1. The average molecular weight is 243 g/mol. The molecule has 100 valence electrons. The minimum atomic E-state index is -0.382. The average Bonchev–Trinajstić information content (AvgIpc) is 2.32. The van der Waals surface area contributed by atoms with Crippen LogP contribution in [-0.4, -0.2) is 35.9 Å². The number of hydrogen-bond acceptors (Lipinski definition) is 3. The Labute approximate surface area is 104 Å². The van der Waals surface area contributed by atoms with E-state index in [1.807, 2.05) is 0 Å². The third-order valence-corrected chi connectivity index (χ3v) is 3.24. The van der Waals surface area contributed by atoms with Crippen LogP contribution in [0.25, 0.3) is 0 Å². The van der Waals surface area contributed by atoms with Crippen LogP contribution in [0.2, 0.25) is 0 Å². The largest absolute Gasteiger partial charge is 0.393 e. The van der Waals surface area contributed by atoms with Crippen molar-refractivity contribution in [3.05, 3.63) is 0 Å². The summed E-state index contributed by atoms with van der Waals surface area (Å²) in [5.41, 5.74) is 0. The SMILES string of the molecule is CCCCNC(=O)C(C)OC1CCC(O)CC1. The minimum Gasteiger partial charge on any atom is -0.393 e. The molecule has 0 spiro atoms. The summed E-state index contributed by atoms with van der Waals surface area (Å²) in [7, 11) is 0. The topological polar surface area (TPSA) is 58.6 Å². The first-order chi connectivity index (χ1) is 8.13. The normalized spacial score (nSPS) is 26.5. The number of aliphatic hydroxyl groups excluding tert-OH is 1. The molecule has 1 fully saturated rings. The molecule has 0 aromatic carbocycles. The molecule has 1 aliphatic rings. The molecule has 1 aliphatic carbocycles. The molecule has 4 nitrogen and oxygen atoms in total. The van der Waals surface area contributed by atoms with E-state index in [-0.39, 0.29) is 24.2 Å². The fourth-order valence-corrected chi connectivity index (χ4v) is 2.06. The Bertz CT molecular complexity index is 225. The standard InChI is InChI=1S/C13H25NO3/c1-3-4-9-14-13(16)10(2)17-12-7-5-11(15)6-8-12/h10-12,15H,3-9H2,1-2H3,(H,14,16). The lowest BCUT2D eigenvalue weighted by molar-refractivity contribution is -0.137. The van der Waals surface area contributed by atoms with E-state index in [9.17, 15) is 9.90 Å². The van der Waals surface area contributed by atoms with Crippen molar-refractivity contribution < 1.29 is 14.6 Å². The maximum Gasteiger partial charge on any atom is 0.248 e. The van der Waals surface area contributed by atoms with Gasteiger partial charge in [0.1, 0.15) is 6.10 Å². The van der Waals surface area contributed by atoms with E-state index in [0.29, 0.717) is 0 Å². The van der Waals surface area contributed by atoms with Gasteiger partial charge in [0, 0.05) is 6.54 Å². The van der Waals surface area contributed by atoms with Crippen molar-refractivity contribution in [2.45, 2.75) is 70.7 Å². The monoisotopic (exact) mass is 243 g/mol. The van der Waals surface area contributed by atoms with Crippen LogP contribution in [0.3, 0.4) is 0 Å². The molecule has 1 rings (SSSR count). The van der Waals surface area contributed by atoms with E-state index in [2.05, 4.69) is 12.2 Å². The second kappa shape index (κ2) is 7.67. The second-order valence-electron chi connectivity index (χ2n) is 4.85. The van der Waals surface area contributed by atoms with E-state index >= 15 is 0 Å². The van der Waals surface area contributed by atoms with Gasteiger partial charge in [-0.2, -0.15) is 0 Å². The van der Waals surface area contributed by atoms with Gasteiger partial charge in [-0.05, 0) is 39.0 Å². The van der Waals surface area contributed by atoms with Crippen LogP contribution >= 0.6 is 0 Å². The van der Waals surface area contributed by atoms with Crippen molar-refractivity contribution in [2.75, 3.05) is 6.54 Å². The van der Waals surface area contributed by atoms with Crippen molar-refractivity contribution >= 4 is 5.91 Å². The first-order valence-corrected chi connectivity index (χ1v) is 6.74. The highest BCUT2D eigenvalue weighted by molar-refractivity contribution is 5.80. The fourth-order valence-electron chi connectivity index (χ4n) is 2.06. The van der Waals surface area contributed by atoms with Crippen molar-refractivity contribution in [1.29, 1.82) is 0 Å². The number of ether oxygens (including phenoxy) is 1. The molecule has 2 N–H and O–H groups in total. The molecule has 0 aromatic heterocycles. The maximum absolute atomic E-state index is 11.7. The summed E-state index contributed by atoms with van der Waals surface area (Å²) in [4.78, 5) is 11.7. The van der Waals surface area contributed by atoms with E-state index in [1.165, 1.54) is 0 Å². The van der Waals surface area contributed by atoms with Crippen molar-refractivity contribution in [1.82, 2.24) is 5.32 Å². The van der Waals surface area contributed by atoms with Gasteiger partial charge in [0.15, 0.2) is 0 Å². The van der Waals surface area contributed by atoms with Gasteiger partial charge in [0.2, 0.25) is 5.91 Å². The zero-order valence-electron chi connectivity index (χ0n) is 10.9. The van der Waals surface area contributed by atoms with Crippen LogP contribution in [0.1, 0.15) is 52.4 Å². The second-order valence-corrected chi connectivity index (χ2v) is 4.85. The van der Waals surface area contributed by atoms with Crippen LogP contribution in [0.15, 0.2) is 0 Å². The molecule has 1 unspecified atom stereocenters. The Kier molecular flexibility index (Phi) is 6.52. The lowest BCUT2D eigenvalue weighted by Crippen LogP contribution is -2.38. The summed E-state index contributed by atoms with van der Waals surface area (Å²) in [6, 6.07) is 0. The number of amides is 1. The Morgan fingerprint density at radius 1 is 1.41 bits per heavy atom. The highest BCUT2D eigenvalue weighted by atomic mass is 16.5. The quantitative estimate of drug-likeness (QED) is 0.697. The van der Waals surface area contributed by atoms with E-state index in [4.69, 9.17) is 4.74 Å². The lowest BCUT2D eigenvalue weighted by Gasteiger charge is -2.27. The molecule has 0 radical (unpaired) electrons. The van der Waals surface area contributed by atoms with Gasteiger partial charge in [0.05, 0.1) is 12.2 Å². The molecular weight excluding hydrogens is 218 g/mol. The number of carbonyl (C=O) groups is 1. The van der Waals surface area contributed by atoms with Crippen LogP contribution in [0.4, 0.5) is 0 Å². The van der Waals surface area contributed by atoms with Gasteiger partial charge in [-0.15, -0.1) is 0 Å². The lowest BCUT2D eigenvalue weighted by atomic mass is 9.95.